The lowest BCUT2D eigenvalue weighted by atomic mass is 10.1. The second kappa shape index (κ2) is 7.71. The highest BCUT2D eigenvalue weighted by atomic mass is 35.5. The maximum atomic E-state index is 12.8. The Morgan fingerprint density at radius 3 is 2.81 bits per heavy atom. The number of halogens is 1. The van der Waals surface area contributed by atoms with E-state index in [2.05, 4.69) is 30.3 Å². The summed E-state index contributed by atoms with van der Waals surface area (Å²) in [7, 11) is 0. The zero-order chi connectivity index (χ0) is 18.6. The molecule has 0 unspecified atom stereocenters. The van der Waals surface area contributed by atoms with Gasteiger partial charge in [-0.3, -0.25) is 4.79 Å². The van der Waals surface area contributed by atoms with Gasteiger partial charge in [-0.25, -0.2) is 19.6 Å². The minimum atomic E-state index is -0.367. The molecule has 0 radical (unpaired) electrons. The lowest BCUT2D eigenvalue weighted by molar-refractivity contribution is 0.102. The van der Waals surface area contributed by atoms with E-state index in [0.29, 0.717) is 18.2 Å². The van der Waals surface area contributed by atoms with Crippen LogP contribution in [0.5, 0.6) is 0 Å². The normalized spacial score (nSPS) is 13.7. The third kappa shape index (κ3) is 3.90. The van der Waals surface area contributed by atoms with Crippen LogP contribution in [0.3, 0.4) is 0 Å². The van der Waals surface area contributed by atoms with Crippen molar-refractivity contribution >= 4 is 29.1 Å². The van der Waals surface area contributed by atoms with Crippen molar-refractivity contribution in [1.82, 2.24) is 24.7 Å². The number of carbonyl (C=O) groups is 1. The summed E-state index contributed by atoms with van der Waals surface area (Å²) in [5.74, 6) is 0.173. The smallest absolute Gasteiger partial charge is 0.276 e. The predicted octanol–water partition coefficient (Wildman–Crippen LogP) is 2.62. The third-order valence-electron chi connectivity index (χ3n) is 4.40. The molecule has 3 aromatic rings. The molecular formula is C18H18ClN7O. The van der Waals surface area contributed by atoms with E-state index in [4.69, 9.17) is 11.6 Å². The molecule has 3 heterocycles. The molecule has 0 saturated carbocycles. The van der Waals surface area contributed by atoms with Gasteiger partial charge >= 0.3 is 0 Å². The second-order valence-electron chi connectivity index (χ2n) is 6.27. The number of benzene rings is 1. The molecule has 0 aliphatic carbocycles. The van der Waals surface area contributed by atoms with Gasteiger partial charge in [0, 0.05) is 18.8 Å². The molecule has 4 rings (SSSR count). The van der Waals surface area contributed by atoms with Crippen molar-refractivity contribution in [2.75, 3.05) is 23.3 Å². The van der Waals surface area contributed by atoms with Gasteiger partial charge in [0.15, 0.2) is 5.69 Å². The highest BCUT2D eigenvalue weighted by molar-refractivity contribution is 6.34. The lowest BCUT2D eigenvalue weighted by Gasteiger charge is -2.16. The first-order valence-electron chi connectivity index (χ1n) is 8.70. The Morgan fingerprint density at radius 2 is 2.04 bits per heavy atom. The molecule has 8 nitrogen and oxygen atoms in total. The van der Waals surface area contributed by atoms with Crippen molar-refractivity contribution < 1.29 is 4.79 Å². The van der Waals surface area contributed by atoms with Crippen LogP contribution < -0.4 is 10.2 Å². The monoisotopic (exact) mass is 383 g/mol. The van der Waals surface area contributed by atoms with Gasteiger partial charge in [0.2, 0.25) is 5.95 Å². The zero-order valence-electron chi connectivity index (χ0n) is 14.5. The van der Waals surface area contributed by atoms with Gasteiger partial charge in [0.1, 0.15) is 12.7 Å². The molecular weight excluding hydrogens is 366 g/mol. The number of rotatable bonds is 5. The first kappa shape index (κ1) is 17.4. The van der Waals surface area contributed by atoms with Crippen LogP contribution in [0.15, 0.2) is 43.1 Å². The van der Waals surface area contributed by atoms with Crippen LogP contribution in [-0.2, 0) is 6.54 Å². The number of hydrogen-bond acceptors (Lipinski definition) is 6. The summed E-state index contributed by atoms with van der Waals surface area (Å²) in [4.78, 5) is 27.5. The highest BCUT2D eigenvalue weighted by Crippen LogP contribution is 2.22. The number of nitrogens with zero attached hydrogens (tertiary/aromatic N) is 6. The Morgan fingerprint density at radius 1 is 1.22 bits per heavy atom. The van der Waals surface area contributed by atoms with Crippen LogP contribution >= 0.6 is 11.6 Å². The summed E-state index contributed by atoms with van der Waals surface area (Å²) in [6.07, 6.45) is 6.79. The molecule has 1 fully saturated rings. The molecule has 9 heteroatoms. The molecule has 1 aliphatic rings. The molecule has 0 spiro atoms. The largest absolute Gasteiger partial charge is 0.341 e. The van der Waals surface area contributed by atoms with Crippen molar-refractivity contribution in [2.45, 2.75) is 19.4 Å². The van der Waals surface area contributed by atoms with Gasteiger partial charge in [-0.2, -0.15) is 5.10 Å². The second-order valence-corrected chi connectivity index (χ2v) is 6.67. The summed E-state index contributed by atoms with van der Waals surface area (Å²) in [5, 5.41) is 7.24. The average molecular weight is 384 g/mol. The Hall–Kier alpha value is -3.00. The van der Waals surface area contributed by atoms with E-state index in [-0.39, 0.29) is 16.6 Å². The van der Waals surface area contributed by atoms with E-state index in [9.17, 15) is 4.79 Å². The van der Waals surface area contributed by atoms with Gasteiger partial charge in [0.25, 0.3) is 5.91 Å². The molecule has 27 heavy (non-hydrogen) atoms. The number of anilines is 2. The van der Waals surface area contributed by atoms with Crippen molar-refractivity contribution in [3.05, 3.63) is 59.4 Å². The van der Waals surface area contributed by atoms with Gasteiger partial charge in [-0.05, 0) is 24.5 Å². The van der Waals surface area contributed by atoms with Crippen LogP contribution in [0.2, 0.25) is 5.02 Å². The third-order valence-corrected chi connectivity index (χ3v) is 4.68. The van der Waals surface area contributed by atoms with Gasteiger partial charge in [0.05, 0.1) is 17.8 Å². The summed E-state index contributed by atoms with van der Waals surface area (Å²) >= 11 is 6.19. The summed E-state index contributed by atoms with van der Waals surface area (Å²) < 4.78 is 1.69. The molecule has 2 aromatic heterocycles. The molecule has 138 valence electrons. The van der Waals surface area contributed by atoms with Crippen LogP contribution in [0, 0.1) is 0 Å². The topological polar surface area (TPSA) is 88.8 Å². The molecule has 1 amide bonds. The fraction of sp³-hybridized carbons (Fsp3) is 0.278. The molecule has 1 saturated heterocycles. The summed E-state index contributed by atoms with van der Waals surface area (Å²) in [6, 6.07) is 7.53. The number of para-hydroxylation sites is 1. The highest BCUT2D eigenvalue weighted by Gasteiger charge is 2.20. The van der Waals surface area contributed by atoms with Crippen molar-refractivity contribution in [2.24, 2.45) is 0 Å². The molecule has 0 bridgehead atoms. The van der Waals surface area contributed by atoms with Crippen LogP contribution in [0.25, 0.3) is 0 Å². The van der Waals surface area contributed by atoms with Crippen molar-refractivity contribution in [3.63, 3.8) is 0 Å². The Kier molecular flexibility index (Phi) is 4.97. The Bertz CT molecular complexity index is 939. The minimum Gasteiger partial charge on any atom is -0.341 e. The molecule has 1 aromatic carbocycles. The quantitative estimate of drug-likeness (QED) is 0.728. The van der Waals surface area contributed by atoms with E-state index in [1.165, 1.54) is 12.5 Å². The van der Waals surface area contributed by atoms with E-state index in [0.717, 1.165) is 31.5 Å². The van der Waals surface area contributed by atoms with E-state index < -0.39 is 0 Å². The maximum Gasteiger partial charge on any atom is 0.276 e. The molecule has 1 aliphatic heterocycles. The van der Waals surface area contributed by atoms with Gasteiger partial charge < -0.3 is 10.2 Å². The Labute approximate surface area is 161 Å². The standard InChI is InChI=1S/C18H18ClN7O/c19-14-9-21-18(25-7-3-4-8-25)24-16(14)17(27)23-15-6-2-1-5-13(15)10-26-12-20-11-22-26/h1-2,5-6,9,11-12H,3-4,7-8,10H2,(H,23,27). The lowest BCUT2D eigenvalue weighted by Crippen LogP contribution is -2.23. The van der Waals surface area contributed by atoms with Crippen molar-refractivity contribution in [1.29, 1.82) is 0 Å². The number of carbonyl (C=O) groups excluding carboxylic acids is 1. The number of amides is 1. The van der Waals surface area contributed by atoms with E-state index >= 15 is 0 Å². The van der Waals surface area contributed by atoms with Gasteiger partial charge in [-0.15, -0.1) is 0 Å². The van der Waals surface area contributed by atoms with E-state index in [1.54, 1.807) is 11.0 Å². The molecule has 1 N–H and O–H groups in total. The summed E-state index contributed by atoms with van der Waals surface area (Å²) in [5.41, 5.74) is 1.75. The number of aromatic nitrogens is 5. The summed E-state index contributed by atoms with van der Waals surface area (Å²) in [6.45, 7) is 2.28. The zero-order valence-corrected chi connectivity index (χ0v) is 15.3. The SMILES string of the molecule is O=C(Nc1ccccc1Cn1cncn1)c1nc(N2CCCC2)ncc1Cl. The van der Waals surface area contributed by atoms with Crippen LogP contribution in [0.4, 0.5) is 11.6 Å². The number of nitrogens with one attached hydrogen (secondary N) is 1. The minimum absolute atomic E-state index is 0.170. The predicted molar refractivity (Wildman–Crippen MR) is 102 cm³/mol. The number of hydrogen-bond donors (Lipinski definition) is 1. The maximum absolute atomic E-state index is 12.8. The van der Waals surface area contributed by atoms with Crippen LogP contribution in [0.1, 0.15) is 28.9 Å². The fourth-order valence-electron chi connectivity index (χ4n) is 3.04. The van der Waals surface area contributed by atoms with E-state index in [1.807, 2.05) is 24.3 Å². The first-order valence-corrected chi connectivity index (χ1v) is 9.07. The first-order chi connectivity index (χ1) is 13.2. The average Bonchev–Trinajstić information content (AvgIpc) is 3.37. The van der Waals surface area contributed by atoms with Gasteiger partial charge in [-0.1, -0.05) is 29.8 Å². The van der Waals surface area contributed by atoms with Crippen LogP contribution in [-0.4, -0.2) is 43.7 Å². The fourth-order valence-corrected chi connectivity index (χ4v) is 3.21. The van der Waals surface area contributed by atoms with Crippen molar-refractivity contribution in [3.8, 4) is 0 Å². The Balaban J connectivity index is 1.57. The molecule has 0 atom stereocenters.